The Bertz CT molecular complexity index is 663. The molecule has 1 aromatic rings. The van der Waals surface area contributed by atoms with Crippen LogP contribution in [-0.2, 0) is 25.3 Å². The molecule has 0 saturated heterocycles. The molecule has 0 aliphatic carbocycles. The highest BCUT2D eigenvalue weighted by molar-refractivity contribution is 7.88. The summed E-state index contributed by atoms with van der Waals surface area (Å²) < 4.78 is 30.4. The zero-order valence-electron chi connectivity index (χ0n) is 13.5. The fourth-order valence-corrected chi connectivity index (χ4v) is 3.36. The van der Waals surface area contributed by atoms with Crippen molar-refractivity contribution in [3.05, 3.63) is 35.9 Å². The first kappa shape index (κ1) is 19.0. The van der Waals surface area contributed by atoms with Gasteiger partial charge in [-0.2, -0.15) is 4.31 Å². The molecule has 1 amide bonds. The number of aliphatic carboxylic acids is 1. The van der Waals surface area contributed by atoms with Crippen molar-refractivity contribution in [2.24, 2.45) is 0 Å². The minimum atomic E-state index is -4.21. The summed E-state index contributed by atoms with van der Waals surface area (Å²) in [5, 5.41) is 9.12. The predicted molar refractivity (Wildman–Crippen MR) is 84.2 cm³/mol. The number of rotatable bonds is 5. The van der Waals surface area contributed by atoms with E-state index in [1.54, 1.807) is 51.1 Å². The van der Waals surface area contributed by atoms with Crippen molar-refractivity contribution in [3.63, 3.8) is 0 Å². The molecule has 0 aliphatic rings. The van der Waals surface area contributed by atoms with E-state index in [0.717, 1.165) is 6.92 Å². The van der Waals surface area contributed by atoms with E-state index in [4.69, 9.17) is 9.84 Å². The summed E-state index contributed by atoms with van der Waals surface area (Å²) in [6.07, 6.45) is -1.21. The van der Waals surface area contributed by atoms with Crippen LogP contribution in [0.25, 0.3) is 0 Å². The van der Waals surface area contributed by atoms with Crippen molar-refractivity contribution in [3.8, 4) is 0 Å². The first-order valence-electron chi connectivity index (χ1n) is 6.96. The van der Waals surface area contributed by atoms with Crippen molar-refractivity contribution >= 4 is 22.1 Å². The highest BCUT2D eigenvalue weighted by Crippen LogP contribution is 2.19. The second-order valence-corrected chi connectivity index (χ2v) is 7.88. The number of amides is 1. The lowest BCUT2D eigenvalue weighted by Gasteiger charge is -2.29. The third-order valence-corrected chi connectivity index (χ3v) is 4.54. The van der Waals surface area contributed by atoms with Gasteiger partial charge in [0.15, 0.2) is 0 Å². The van der Waals surface area contributed by atoms with E-state index in [2.05, 4.69) is 0 Å². The summed E-state index contributed by atoms with van der Waals surface area (Å²) in [6, 6.07) is 6.62. The van der Waals surface area contributed by atoms with E-state index in [-0.39, 0.29) is 4.31 Å². The van der Waals surface area contributed by atoms with Crippen LogP contribution in [-0.4, -0.2) is 41.5 Å². The van der Waals surface area contributed by atoms with Crippen LogP contribution < -0.4 is 0 Å². The summed E-state index contributed by atoms with van der Waals surface area (Å²) in [6.45, 7) is 5.82. The molecular weight excluding hydrogens is 322 g/mol. The number of sulfonamides is 1. The van der Waals surface area contributed by atoms with Crippen molar-refractivity contribution in [2.75, 3.05) is 0 Å². The van der Waals surface area contributed by atoms with Gasteiger partial charge in [0.1, 0.15) is 11.6 Å². The number of carbonyl (C=O) groups excluding carboxylic acids is 1. The maximum atomic E-state index is 12.5. The molecule has 0 bridgehead atoms. The van der Waals surface area contributed by atoms with Gasteiger partial charge in [-0.1, -0.05) is 30.3 Å². The van der Waals surface area contributed by atoms with Crippen LogP contribution in [0.15, 0.2) is 30.3 Å². The Kier molecular flexibility index (Phi) is 5.76. The third kappa shape index (κ3) is 5.55. The SMILES string of the molecule is C[C@@H](C(=O)O)N(C(=O)OC(C)(C)C)S(=O)(=O)Cc1ccccc1. The first-order chi connectivity index (χ1) is 10.4. The van der Waals surface area contributed by atoms with Gasteiger partial charge in [-0.25, -0.2) is 18.0 Å². The number of ether oxygens (including phenoxy) is 1. The van der Waals surface area contributed by atoms with Gasteiger partial charge >= 0.3 is 12.1 Å². The summed E-state index contributed by atoms with van der Waals surface area (Å²) in [7, 11) is -4.21. The fourth-order valence-electron chi connectivity index (χ4n) is 1.77. The van der Waals surface area contributed by atoms with Crippen molar-refractivity contribution in [1.82, 2.24) is 4.31 Å². The minimum Gasteiger partial charge on any atom is -0.480 e. The number of hydrogen-bond donors (Lipinski definition) is 1. The van der Waals surface area contributed by atoms with Gasteiger partial charge in [0.05, 0.1) is 5.75 Å². The zero-order chi connectivity index (χ0) is 17.8. The Morgan fingerprint density at radius 3 is 2.17 bits per heavy atom. The van der Waals surface area contributed by atoms with Crippen LogP contribution in [0.5, 0.6) is 0 Å². The van der Waals surface area contributed by atoms with E-state index < -0.39 is 39.5 Å². The number of carbonyl (C=O) groups is 2. The normalized spacial score (nSPS) is 13.2. The van der Waals surface area contributed by atoms with Crippen molar-refractivity contribution < 1.29 is 27.9 Å². The van der Waals surface area contributed by atoms with E-state index in [1.165, 1.54) is 0 Å². The van der Waals surface area contributed by atoms with Crippen LogP contribution in [0.1, 0.15) is 33.3 Å². The number of benzene rings is 1. The largest absolute Gasteiger partial charge is 0.480 e. The Balaban J connectivity index is 3.17. The van der Waals surface area contributed by atoms with Gasteiger partial charge in [0.2, 0.25) is 10.0 Å². The van der Waals surface area contributed by atoms with Gasteiger partial charge in [-0.3, -0.25) is 0 Å². The molecule has 0 aromatic heterocycles. The molecule has 1 rings (SSSR count). The highest BCUT2D eigenvalue weighted by Gasteiger charge is 2.38. The predicted octanol–water partition coefficient (Wildman–Crippen LogP) is 2.23. The van der Waals surface area contributed by atoms with Crippen LogP contribution in [0.3, 0.4) is 0 Å². The maximum Gasteiger partial charge on any atom is 0.424 e. The smallest absolute Gasteiger partial charge is 0.424 e. The second-order valence-electron chi connectivity index (χ2n) is 6.03. The van der Waals surface area contributed by atoms with Crippen LogP contribution >= 0.6 is 0 Å². The number of carboxylic acids is 1. The summed E-state index contributed by atoms with van der Waals surface area (Å²) in [5.41, 5.74) is -0.505. The van der Waals surface area contributed by atoms with E-state index in [1.807, 2.05) is 0 Å². The van der Waals surface area contributed by atoms with Crippen LogP contribution in [0.2, 0.25) is 0 Å². The molecule has 0 aliphatic heterocycles. The first-order valence-corrected chi connectivity index (χ1v) is 8.57. The summed E-state index contributed by atoms with van der Waals surface area (Å²) in [5.74, 6) is -1.93. The second kappa shape index (κ2) is 6.99. The average Bonchev–Trinajstić information content (AvgIpc) is 2.36. The summed E-state index contributed by atoms with van der Waals surface area (Å²) >= 11 is 0. The summed E-state index contributed by atoms with van der Waals surface area (Å²) in [4.78, 5) is 23.4. The topological polar surface area (TPSA) is 101 Å². The molecule has 8 heteroatoms. The van der Waals surface area contributed by atoms with Gasteiger partial charge in [-0.15, -0.1) is 0 Å². The molecule has 7 nitrogen and oxygen atoms in total. The van der Waals surface area contributed by atoms with Gasteiger partial charge in [0, 0.05) is 0 Å². The molecule has 1 aromatic carbocycles. The fraction of sp³-hybridized carbons (Fsp3) is 0.467. The quantitative estimate of drug-likeness (QED) is 0.880. The molecule has 0 fully saturated rings. The third-order valence-electron chi connectivity index (χ3n) is 2.77. The Hall–Kier alpha value is -2.09. The van der Waals surface area contributed by atoms with Gasteiger partial charge < -0.3 is 9.84 Å². The minimum absolute atomic E-state index is 0.285. The molecular formula is C15H21NO6S. The molecule has 128 valence electrons. The van der Waals surface area contributed by atoms with Gasteiger partial charge in [-0.05, 0) is 33.3 Å². The number of nitrogens with zero attached hydrogens (tertiary/aromatic N) is 1. The van der Waals surface area contributed by atoms with Gasteiger partial charge in [0.25, 0.3) is 0 Å². The lowest BCUT2D eigenvalue weighted by molar-refractivity contribution is -0.140. The molecule has 1 atom stereocenters. The van der Waals surface area contributed by atoms with E-state index in [0.29, 0.717) is 5.56 Å². The molecule has 0 heterocycles. The van der Waals surface area contributed by atoms with Crippen molar-refractivity contribution in [1.29, 1.82) is 0 Å². The highest BCUT2D eigenvalue weighted by atomic mass is 32.2. The maximum absolute atomic E-state index is 12.5. The lowest BCUT2D eigenvalue weighted by Crippen LogP contribution is -2.49. The average molecular weight is 343 g/mol. The number of carboxylic acid groups (broad SMARTS) is 1. The molecule has 0 unspecified atom stereocenters. The molecule has 0 saturated carbocycles. The van der Waals surface area contributed by atoms with Crippen molar-refractivity contribution in [2.45, 2.75) is 45.1 Å². The zero-order valence-corrected chi connectivity index (χ0v) is 14.3. The monoisotopic (exact) mass is 343 g/mol. The standard InChI is InChI=1S/C15H21NO6S/c1-11(13(17)18)16(14(19)22-15(2,3)4)23(20,21)10-12-8-6-5-7-9-12/h5-9,11H,10H2,1-4H3,(H,17,18)/t11-/m0/s1. The van der Waals surface area contributed by atoms with Crippen LogP contribution in [0.4, 0.5) is 4.79 Å². The van der Waals surface area contributed by atoms with E-state index >= 15 is 0 Å². The van der Waals surface area contributed by atoms with Crippen LogP contribution in [0, 0.1) is 0 Å². The number of hydrogen-bond acceptors (Lipinski definition) is 5. The van der Waals surface area contributed by atoms with E-state index in [9.17, 15) is 18.0 Å². The molecule has 0 radical (unpaired) electrons. The molecule has 0 spiro atoms. The molecule has 1 N–H and O–H groups in total. The Morgan fingerprint density at radius 2 is 1.74 bits per heavy atom. The molecule has 23 heavy (non-hydrogen) atoms. The lowest BCUT2D eigenvalue weighted by atomic mass is 10.2. The Morgan fingerprint density at radius 1 is 1.22 bits per heavy atom. The Labute approximate surface area is 135 Å².